The van der Waals surface area contributed by atoms with Gasteiger partial charge in [-0.05, 0) is 24.1 Å². The molecule has 0 fully saturated rings. The second kappa shape index (κ2) is 6.07. The second-order valence-corrected chi connectivity index (χ2v) is 5.32. The Morgan fingerprint density at radius 3 is 2.25 bits per heavy atom. The summed E-state index contributed by atoms with van der Waals surface area (Å²) in [5.74, 6) is 0. The lowest BCUT2D eigenvalue weighted by atomic mass is 9.91. The molecule has 0 radical (unpaired) electrons. The molecule has 0 heterocycles. The van der Waals surface area contributed by atoms with Crippen molar-refractivity contribution < 1.29 is 5.11 Å². The van der Waals surface area contributed by atoms with Crippen LogP contribution in [0.3, 0.4) is 0 Å². The van der Waals surface area contributed by atoms with Crippen molar-refractivity contribution in [3.8, 4) is 0 Å². The number of hydrogen-bond donors (Lipinski definition) is 2. The van der Waals surface area contributed by atoms with Gasteiger partial charge < -0.3 is 15.7 Å². The minimum absolute atomic E-state index is 0.0900. The molecule has 1 atom stereocenters. The maximum absolute atomic E-state index is 9.75. The Hall–Kier alpha value is -1.84. The standard InChI is InChI=1S/C17H22N2O/c1-14-8-6-7-11-16(14)19(2)12-17(18,13-20)15-9-4-3-5-10-15/h3-11,20H,12-13,18H2,1-2H3. The number of aliphatic hydroxyl groups is 1. The number of aryl methyl sites for hydroxylation is 1. The maximum Gasteiger partial charge on any atom is 0.0821 e. The number of aliphatic hydroxyl groups excluding tert-OH is 1. The molecule has 20 heavy (non-hydrogen) atoms. The molecule has 0 spiro atoms. The van der Waals surface area contributed by atoms with Gasteiger partial charge in [0.1, 0.15) is 0 Å². The minimum Gasteiger partial charge on any atom is -0.394 e. The average Bonchev–Trinajstić information content (AvgIpc) is 2.48. The summed E-state index contributed by atoms with van der Waals surface area (Å²) < 4.78 is 0. The Balaban J connectivity index is 2.24. The van der Waals surface area contributed by atoms with Crippen LogP contribution in [0.2, 0.25) is 0 Å². The Morgan fingerprint density at radius 2 is 1.65 bits per heavy atom. The number of nitrogens with zero attached hydrogens (tertiary/aromatic N) is 1. The summed E-state index contributed by atoms with van der Waals surface area (Å²) in [5.41, 5.74) is 8.93. The molecule has 106 valence electrons. The monoisotopic (exact) mass is 270 g/mol. The predicted octanol–water partition coefficient (Wildman–Crippen LogP) is 2.28. The highest BCUT2D eigenvalue weighted by molar-refractivity contribution is 5.53. The van der Waals surface area contributed by atoms with E-state index < -0.39 is 5.54 Å². The zero-order chi connectivity index (χ0) is 14.6. The molecule has 3 N–H and O–H groups in total. The fourth-order valence-electron chi connectivity index (χ4n) is 2.50. The minimum atomic E-state index is -0.766. The molecule has 2 aromatic rings. The molecular formula is C17H22N2O. The molecule has 0 amide bonds. The summed E-state index contributed by atoms with van der Waals surface area (Å²) in [6.45, 7) is 2.54. The third kappa shape index (κ3) is 3.00. The highest BCUT2D eigenvalue weighted by Gasteiger charge is 2.28. The van der Waals surface area contributed by atoms with Crippen LogP contribution in [-0.4, -0.2) is 25.3 Å². The van der Waals surface area contributed by atoms with Crippen molar-refractivity contribution in [2.45, 2.75) is 12.5 Å². The molecule has 0 aliphatic carbocycles. The van der Waals surface area contributed by atoms with Gasteiger partial charge in [0.2, 0.25) is 0 Å². The number of benzene rings is 2. The third-order valence-corrected chi connectivity index (χ3v) is 3.68. The van der Waals surface area contributed by atoms with Crippen LogP contribution in [0, 0.1) is 6.92 Å². The number of hydrogen-bond acceptors (Lipinski definition) is 3. The molecule has 3 nitrogen and oxygen atoms in total. The van der Waals surface area contributed by atoms with Crippen LogP contribution in [0.25, 0.3) is 0 Å². The van der Waals surface area contributed by atoms with E-state index >= 15 is 0 Å². The molecule has 1 unspecified atom stereocenters. The molecule has 0 bridgehead atoms. The van der Waals surface area contributed by atoms with Gasteiger partial charge in [-0.2, -0.15) is 0 Å². The van der Waals surface area contributed by atoms with Gasteiger partial charge >= 0.3 is 0 Å². The van der Waals surface area contributed by atoms with Gasteiger partial charge in [0, 0.05) is 19.3 Å². The summed E-state index contributed by atoms with van der Waals surface area (Å²) in [6.07, 6.45) is 0. The van der Waals surface area contributed by atoms with Crippen molar-refractivity contribution in [3.05, 3.63) is 65.7 Å². The van der Waals surface area contributed by atoms with Crippen LogP contribution in [0.5, 0.6) is 0 Å². The first-order valence-corrected chi connectivity index (χ1v) is 6.79. The molecule has 0 saturated carbocycles. The first-order chi connectivity index (χ1) is 9.57. The smallest absolute Gasteiger partial charge is 0.0821 e. The lowest BCUT2D eigenvalue weighted by Gasteiger charge is -2.34. The lowest BCUT2D eigenvalue weighted by molar-refractivity contribution is 0.200. The van der Waals surface area contributed by atoms with Crippen molar-refractivity contribution in [1.29, 1.82) is 0 Å². The van der Waals surface area contributed by atoms with Gasteiger partial charge in [0.05, 0.1) is 12.1 Å². The topological polar surface area (TPSA) is 49.5 Å². The quantitative estimate of drug-likeness (QED) is 0.876. The summed E-state index contributed by atoms with van der Waals surface area (Å²) >= 11 is 0. The Kier molecular flexibility index (Phi) is 4.42. The highest BCUT2D eigenvalue weighted by Crippen LogP contribution is 2.24. The maximum atomic E-state index is 9.75. The van der Waals surface area contributed by atoms with E-state index in [1.807, 2.05) is 49.5 Å². The van der Waals surface area contributed by atoms with Crippen molar-refractivity contribution in [2.24, 2.45) is 5.73 Å². The van der Waals surface area contributed by atoms with Crippen molar-refractivity contribution in [1.82, 2.24) is 0 Å². The van der Waals surface area contributed by atoms with Gasteiger partial charge in [-0.1, -0.05) is 48.5 Å². The summed E-state index contributed by atoms with van der Waals surface area (Å²) in [7, 11) is 2.00. The molecule has 0 saturated heterocycles. The Bertz CT molecular complexity index is 556. The van der Waals surface area contributed by atoms with Crippen LogP contribution < -0.4 is 10.6 Å². The van der Waals surface area contributed by atoms with Gasteiger partial charge in [0.15, 0.2) is 0 Å². The van der Waals surface area contributed by atoms with E-state index in [0.717, 1.165) is 11.3 Å². The number of rotatable bonds is 5. The van der Waals surface area contributed by atoms with Crippen molar-refractivity contribution in [3.63, 3.8) is 0 Å². The number of para-hydroxylation sites is 1. The van der Waals surface area contributed by atoms with Gasteiger partial charge in [0.25, 0.3) is 0 Å². The fourth-order valence-corrected chi connectivity index (χ4v) is 2.50. The van der Waals surface area contributed by atoms with E-state index in [-0.39, 0.29) is 6.61 Å². The SMILES string of the molecule is Cc1ccccc1N(C)CC(N)(CO)c1ccccc1. The zero-order valence-corrected chi connectivity index (χ0v) is 12.1. The fraction of sp³-hybridized carbons (Fsp3) is 0.294. The van der Waals surface area contributed by atoms with E-state index in [2.05, 4.69) is 24.0 Å². The molecule has 3 heteroatoms. The van der Waals surface area contributed by atoms with Crippen LogP contribution in [0.1, 0.15) is 11.1 Å². The number of nitrogens with two attached hydrogens (primary N) is 1. The number of likely N-dealkylation sites (N-methyl/N-ethyl adjacent to an activating group) is 1. The summed E-state index contributed by atoms with van der Waals surface area (Å²) in [5, 5.41) is 9.75. The van der Waals surface area contributed by atoms with Gasteiger partial charge in [-0.25, -0.2) is 0 Å². The van der Waals surface area contributed by atoms with Crippen LogP contribution in [0.15, 0.2) is 54.6 Å². The van der Waals surface area contributed by atoms with Crippen LogP contribution in [-0.2, 0) is 5.54 Å². The third-order valence-electron chi connectivity index (χ3n) is 3.68. The lowest BCUT2D eigenvalue weighted by Crippen LogP contribution is -2.49. The van der Waals surface area contributed by atoms with Crippen molar-refractivity contribution >= 4 is 5.69 Å². The summed E-state index contributed by atoms with van der Waals surface area (Å²) in [4.78, 5) is 2.10. The van der Waals surface area contributed by atoms with E-state index in [9.17, 15) is 5.11 Å². The van der Waals surface area contributed by atoms with E-state index in [0.29, 0.717) is 6.54 Å². The average molecular weight is 270 g/mol. The van der Waals surface area contributed by atoms with E-state index in [1.54, 1.807) is 0 Å². The summed E-state index contributed by atoms with van der Waals surface area (Å²) in [6, 6.07) is 17.9. The Labute approximate surface area is 120 Å². The molecular weight excluding hydrogens is 248 g/mol. The largest absolute Gasteiger partial charge is 0.394 e. The zero-order valence-electron chi connectivity index (χ0n) is 12.1. The number of anilines is 1. The van der Waals surface area contributed by atoms with E-state index in [4.69, 9.17) is 5.73 Å². The Morgan fingerprint density at radius 1 is 1.05 bits per heavy atom. The first-order valence-electron chi connectivity index (χ1n) is 6.79. The molecule has 0 aromatic heterocycles. The first kappa shape index (κ1) is 14.6. The van der Waals surface area contributed by atoms with Gasteiger partial charge in [-0.15, -0.1) is 0 Å². The molecule has 2 aromatic carbocycles. The van der Waals surface area contributed by atoms with Crippen LogP contribution in [0.4, 0.5) is 5.69 Å². The molecule has 0 aliphatic heterocycles. The van der Waals surface area contributed by atoms with Gasteiger partial charge in [-0.3, -0.25) is 0 Å². The molecule has 2 rings (SSSR count). The second-order valence-electron chi connectivity index (χ2n) is 5.32. The highest BCUT2D eigenvalue weighted by atomic mass is 16.3. The van der Waals surface area contributed by atoms with Crippen LogP contribution >= 0.6 is 0 Å². The predicted molar refractivity (Wildman–Crippen MR) is 83.8 cm³/mol. The van der Waals surface area contributed by atoms with Crippen molar-refractivity contribution in [2.75, 3.05) is 25.1 Å². The normalized spacial score (nSPS) is 13.8. The molecule has 0 aliphatic rings. The van der Waals surface area contributed by atoms with E-state index in [1.165, 1.54) is 5.56 Å².